The number of sulfonamides is 1. The lowest BCUT2D eigenvalue weighted by molar-refractivity contribution is 0.578. The molecular weight excluding hydrogens is 358 g/mol. The first-order valence-corrected chi connectivity index (χ1v) is 11.3. The van der Waals surface area contributed by atoms with Crippen molar-refractivity contribution < 1.29 is 16.8 Å². The highest BCUT2D eigenvalue weighted by Crippen LogP contribution is 2.15. The molecule has 0 heterocycles. The summed E-state index contributed by atoms with van der Waals surface area (Å²) in [5, 5.41) is 0. The monoisotopic (exact) mass is 381 g/mol. The third kappa shape index (κ3) is 5.39. The van der Waals surface area contributed by atoms with Gasteiger partial charge in [0, 0.05) is 12.8 Å². The lowest BCUT2D eigenvalue weighted by Gasteiger charge is -2.09. The normalized spacial score (nSPS) is 12.3. The van der Waals surface area contributed by atoms with Crippen LogP contribution in [0.25, 0.3) is 0 Å². The molecule has 2 aromatic rings. The summed E-state index contributed by atoms with van der Waals surface area (Å²) in [5.74, 6) is 0. The van der Waals surface area contributed by atoms with E-state index in [0.717, 1.165) is 12.7 Å². The molecule has 0 amide bonds. The first-order chi connectivity index (χ1) is 11.6. The van der Waals surface area contributed by atoms with E-state index in [-0.39, 0.29) is 9.79 Å². The lowest BCUT2D eigenvalue weighted by Crippen LogP contribution is -2.25. The third-order valence-electron chi connectivity index (χ3n) is 3.98. The van der Waals surface area contributed by atoms with Crippen LogP contribution in [0, 0.1) is 13.8 Å². The van der Waals surface area contributed by atoms with Crippen molar-refractivity contribution in [3.63, 3.8) is 0 Å². The summed E-state index contributed by atoms with van der Waals surface area (Å²) >= 11 is 0. The van der Waals surface area contributed by atoms with Gasteiger partial charge < -0.3 is 0 Å². The lowest BCUT2D eigenvalue weighted by atomic mass is 10.0. The minimum atomic E-state index is -3.64. The van der Waals surface area contributed by atoms with Gasteiger partial charge in [0.2, 0.25) is 10.0 Å². The van der Waals surface area contributed by atoms with E-state index in [1.165, 1.54) is 41.0 Å². The molecule has 1 N–H and O–H groups in total. The Labute approximate surface area is 150 Å². The number of hydrogen-bond donors (Lipinski definition) is 1. The van der Waals surface area contributed by atoms with Crippen molar-refractivity contribution in [2.24, 2.45) is 0 Å². The van der Waals surface area contributed by atoms with E-state index >= 15 is 0 Å². The molecule has 0 bridgehead atoms. The minimum Gasteiger partial charge on any atom is -0.224 e. The van der Waals surface area contributed by atoms with Crippen LogP contribution in [0.1, 0.15) is 23.1 Å². The van der Waals surface area contributed by atoms with E-state index in [1.807, 2.05) is 6.92 Å². The number of benzene rings is 2. The first kappa shape index (κ1) is 19.6. The summed E-state index contributed by atoms with van der Waals surface area (Å²) in [6, 6.07) is 11.5. The molecule has 0 aliphatic carbocycles. The van der Waals surface area contributed by atoms with Crippen LogP contribution in [0.5, 0.6) is 0 Å². The predicted octanol–water partition coefficient (Wildman–Crippen LogP) is 2.62. The van der Waals surface area contributed by atoms with Crippen molar-refractivity contribution in [1.29, 1.82) is 0 Å². The second-order valence-electron chi connectivity index (χ2n) is 6.17. The fourth-order valence-corrected chi connectivity index (χ4v) is 4.27. The largest absolute Gasteiger partial charge is 0.240 e. The van der Waals surface area contributed by atoms with E-state index in [2.05, 4.69) is 29.8 Å². The number of aryl methyl sites for hydroxylation is 3. The number of hydrogen-bond acceptors (Lipinski definition) is 4. The molecule has 0 saturated carbocycles. The zero-order valence-corrected chi connectivity index (χ0v) is 16.2. The minimum absolute atomic E-state index is 0.0615. The first-order valence-electron chi connectivity index (χ1n) is 7.95. The maximum Gasteiger partial charge on any atom is 0.240 e. The highest BCUT2D eigenvalue weighted by Gasteiger charge is 2.15. The Kier molecular flexibility index (Phi) is 6.03. The zero-order chi connectivity index (χ0) is 18.7. The average molecular weight is 382 g/mol. The van der Waals surface area contributed by atoms with Gasteiger partial charge in [-0.25, -0.2) is 21.6 Å². The van der Waals surface area contributed by atoms with Crippen LogP contribution in [0.3, 0.4) is 0 Å². The molecule has 0 unspecified atom stereocenters. The topological polar surface area (TPSA) is 80.3 Å². The van der Waals surface area contributed by atoms with Crippen molar-refractivity contribution in [3.8, 4) is 0 Å². The summed E-state index contributed by atoms with van der Waals surface area (Å²) in [6.07, 6.45) is 2.56. The Morgan fingerprint density at radius 3 is 2.04 bits per heavy atom. The van der Waals surface area contributed by atoms with Crippen molar-refractivity contribution in [3.05, 3.63) is 59.2 Å². The van der Waals surface area contributed by atoms with Crippen LogP contribution in [0.4, 0.5) is 0 Å². The standard InChI is InChI=1S/C18H23NO4S2/c1-14-6-7-16(15(2)13-14)5-4-12-19-25(22,23)18-10-8-17(9-11-18)24(3,20)21/h6-11,13,19H,4-5,12H2,1-3H3. The second kappa shape index (κ2) is 7.68. The number of nitrogens with one attached hydrogen (secondary N) is 1. The van der Waals surface area contributed by atoms with E-state index < -0.39 is 19.9 Å². The van der Waals surface area contributed by atoms with Gasteiger partial charge in [-0.2, -0.15) is 0 Å². The van der Waals surface area contributed by atoms with Gasteiger partial charge in [0.25, 0.3) is 0 Å². The van der Waals surface area contributed by atoms with Crippen molar-refractivity contribution >= 4 is 19.9 Å². The van der Waals surface area contributed by atoms with E-state index in [9.17, 15) is 16.8 Å². The molecular formula is C18H23NO4S2. The van der Waals surface area contributed by atoms with Gasteiger partial charge >= 0.3 is 0 Å². The molecule has 0 atom stereocenters. The molecule has 0 aliphatic heterocycles. The van der Waals surface area contributed by atoms with Gasteiger partial charge in [-0.15, -0.1) is 0 Å². The Balaban J connectivity index is 1.95. The third-order valence-corrected chi connectivity index (χ3v) is 6.58. The van der Waals surface area contributed by atoms with Crippen molar-refractivity contribution in [1.82, 2.24) is 4.72 Å². The summed E-state index contributed by atoms with van der Waals surface area (Å²) in [5.41, 5.74) is 3.63. The molecule has 0 radical (unpaired) electrons. The fraction of sp³-hybridized carbons (Fsp3) is 0.333. The van der Waals surface area contributed by atoms with Gasteiger partial charge in [-0.1, -0.05) is 23.8 Å². The molecule has 7 heteroatoms. The Morgan fingerprint density at radius 2 is 1.48 bits per heavy atom. The molecule has 0 spiro atoms. The average Bonchev–Trinajstić information content (AvgIpc) is 2.52. The summed E-state index contributed by atoms with van der Waals surface area (Å²) < 4.78 is 49.9. The summed E-state index contributed by atoms with van der Waals surface area (Å²) in [4.78, 5) is 0.160. The van der Waals surface area contributed by atoms with Crippen LogP contribution in [0.15, 0.2) is 52.3 Å². The summed E-state index contributed by atoms with van der Waals surface area (Å²) in [7, 11) is -6.98. The van der Waals surface area contributed by atoms with E-state index in [1.54, 1.807) is 0 Å². The molecule has 0 aromatic heterocycles. The van der Waals surface area contributed by atoms with Crippen LogP contribution in [-0.2, 0) is 26.3 Å². The Hall–Kier alpha value is -1.70. The van der Waals surface area contributed by atoms with E-state index in [0.29, 0.717) is 13.0 Å². The molecule has 5 nitrogen and oxygen atoms in total. The van der Waals surface area contributed by atoms with Crippen LogP contribution in [0.2, 0.25) is 0 Å². The maximum atomic E-state index is 12.3. The van der Waals surface area contributed by atoms with E-state index in [4.69, 9.17) is 0 Å². The quantitative estimate of drug-likeness (QED) is 0.748. The number of sulfone groups is 1. The summed E-state index contributed by atoms with van der Waals surface area (Å²) in [6.45, 7) is 4.42. The molecule has 0 saturated heterocycles. The zero-order valence-electron chi connectivity index (χ0n) is 14.6. The molecule has 0 fully saturated rings. The SMILES string of the molecule is Cc1ccc(CCCNS(=O)(=O)c2ccc(S(C)(=O)=O)cc2)c(C)c1. The highest BCUT2D eigenvalue weighted by molar-refractivity contribution is 7.90. The van der Waals surface area contributed by atoms with Crippen molar-refractivity contribution in [2.75, 3.05) is 12.8 Å². The predicted molar refractivity (Wildman–Crippen MR) is 99.0 cm³/mol. The van der Waals surface area contributed by atoms with Gasteiger partial charge in [-0.3, -0.25) is 0 Å². The number of rotatable bonds is 7. The Bertz CT molecular complexity index is 947. The molecule has 136 valence electrons. The van der Waals surface area contributed by atoms with Crippen LogP contribution < -0.4 is 4.72 Å². The molecule has 25 heavy (non-hydrogen) atoms. The molecule has 2 aromatic carbocycles. The van der Waals surface area contributed by atoms with Gasteiger partial charge in [0.15, 0.2) is 9.84 Å². The Morgan fingerprint density at radius 1 is 0.880 bits per heavy atom. The van der Waals surface area contributed by atoms with Gasteiger partial charge in [0.05, 0.1) is 9.79 Å². The highest BCUT2D eigenvalue weighted by atomic mass is 32.2. The van der Waals surface area contributed by atoms with Gasteiger partial charge in [-0.05, 0) is 62.1 Å². The molecule has 0 aliphatic rings. The van der Waals surface area contributed by atoms with Crippen molar-refractivity contribution in [2.45, 2.75) is 36.5 Å². The maximum absolute atomic E-state index is 12.3. The van der Waals surface area contributed by atoms with Crippen LogP contribution in [-0.4, -0.2) is 29.6 Å². The van der Waals surface area contributed by atoms with Crippen LogP contribution >= 0.6 is 0 Å². The fourth-order valence-electron chi connectivity index (χ4n) is 2.56. The second-order valence-corrected chi connectivity index (χ2v) is 9.96. The molecule has 2 rings (SSSR count). The smallest absolute Gasteiger partial charge is 0.224 e. The van der Waals surface area contributed by atoms with Gasteiger partial charge in [0.1, 0.15) is 0 Å².